The van der Waals surface area contributed by atoms with Crippen molar-refractivity contribution in [1.82, 2.24) is 0 Å². The summed E-state index contributed by atoms with van der Waals surface area (Å²) in [7, 11) is -1.16. The van der Waals surface area contributed by atoms with Gasteiger partial charge in [0.1, 0.15) is 0 Å². The molecule has 0 aliphatic carbocycles. The van der Waals surface area contributed by atoms with Gasteiger partial charge in [0.25, 0.3) is 0 Å². The number of benzene rings is 1. The molecule has 0 radical (unpaired) electrons. The molecule has 0 heterocycles. The molecule has 2 heteroatoms. The second-order valence-corrected chi connectivity index (χ2v) is 10.7. The average molecular weight is 250 g/mol. The van der Waals surface area contributed by atoms with Crippen LogP contribution in [0.5, 0.6) is 0 Å². The summed E-state index contributed by atoms with van der Waals surface area (Å²) in [4.78, 5) is 0. The molecule has 0 aliphatic heterocycles. The zero-order valence-corrected chi connectivity index (χ0v) is 12.8. The second kappa shape index (κ2) is 6.97. The molecule has 1 rings (SSSR count). The first kappa shape index (κ1) is 14.5. The first-order chi connectivity index (χ1) is 8.04. The third-order valence-corrected chi connectivity index (χ3v) is 4.94. The van der Waals surface area contributed by atoms with Gasteiger partial charge in [-0.1, -0.05) is 56.0 Å². The molecule has 1 nitrogen and oxygen atoms in total. The van der Waals surface area contributed by atoms with E-state index in [-0.39, 0.29) is 0 Å². The molecule has 0 spiro atoms. The van der Waals surface area contributed by atoms with Crippen LogP contribution >= 0.6 is 0 Å². The molecule has 0 fully saturated rings. The lowest BCUT2D eigenvalue weighted by Crippen LogP contribution is -2.37. The fourth-order valence-corrected chi connectivity index (χ4v) is 3.03. The quantitative estimate of drug-likeness (QED) is 0.531. The van der Waals surface area contributed by atoms with Gasteiger partial charge in [-0.2, -0.15) is 0 Å². The van der Waals surface area contributed by atoms with Crippen molar-refractivity contribution < 1.29 is 4.74 Å². The van der Waals surface area contributed by atoms with Crippen LogP contribution in [-0.2, 0) is 11.2 Å². The molecule has 0 amide bonds. The van der Waals surface area contributed by atoms with E-state index in [1.165, 1.54) is 5.56 Å². The summed E-state index contributed by atoms with van der Waals surface area (Å²) >= 11 is 0. The van der Waals surface area contributed by atoms with Gasteiger partial charge >= 0.3 is 0 Å². The van der Waals surface area contributed by atoms with Crippen molar-refractivity contribution in [3.63, 3.8) is 0 Å². The number of ether oxygens (including phenoxy) is 1. The van der Waals surface area contributed by atoms with Crippen molar-refractivity contribution in [3.05, 3.63) is 29.8 Å². The van der Waals surface area contributed by atoms with E-state index in [4.69, 9.17) is 4.74 Å². The largest absolute Gasteiger partial charge is 0.381 e. The highest BCUT2D eigenvalue weighted by molar-refractivity contribution is 6.88. The third kappa shape index (κ3) is 5.51. The lowest BCUT2D eigenvalue weighted by Gasteiger charge is -2.17. The van der Waals surface area contributed by atoms with E-state index in [0.717, 1.165) is 32.5 Å². The Kier molecular flexibility index (Phi) is 5.93. The van der Waals surface area contributed by atoms with Gasteiger partial charge in [-0.05, 0) is 24.8 Å². The normalized spacial score (nSPS) is 11.8. The van der Waals surface area contributed by atoms with Gasteiger partial charge < -0.3 is 4.74 Å². The molecule has 96 valence electrons. The molecule has 1 aromatic carbocycles. The second-order valence-electron chi connectivity index (χ2n) is 5.67. The Bertz CT molecular complexity index is 328. The third-order valence-electron chi connectivity index (χ3n) is 2.90. The van der Waals surface area contributed by atoms with E-state index >= 15 is 0 Å². The molecule has 17 heavy (non-hydrogen) atoms. The highest BCUT2D eigenvalue weighted by atomic mass is 28.3. The van der Waals surface area contributed by atoms with Crippen LogP contribution < -0.4 is 5.19 Å². The summed E-state index contributed by atoms with van der Waals surface area (Å²) in [6.07, 6.45) is 3.39. The first-order valence-corrected chi connectivity index (χ1v) is 10.2. The van der Waals surface area contributed by atoms with Gasteiger partial charge in [0.15, 0.2) is 0 Å². The van der Waals surface area contributed by atoms with Crippen molar-refractivity contribution in [3.8, 4) is 0 Å². The molecule has 0 N–H and O–H groups in total. The van der Waals surface area contributed by atoms with Crippen LogP contribution in [0.4, 0.5) is 0 Å². The minimum Gasteiger partial charge on any atom is -0.381 e. The molecular weight excluding hydrogens is 224 g/mol. The average Bonchev–Trinajstić information content (AvgIpc) is 2.28. The van der Waals surface area contributed by atoms with Crippen LogP contribution in [0.25, 0.3) is 0 Å². The Labute approximate surface area is 107 Å². The molecule has 1 aromatic rings. The van der Waals surface area contributed by atoms with Crippen molar-refractivity contribution in [2.24, 2.45) is 0 Å². The van der Waals surface area contributed by atoms with E-state index in [2.05, 4.69) is 50.8 Å². The topological polar surface area (TPSA) is 9.23 Å². The van der Waals surface area contributed by atoms with E-state index in [1.807, 2.05) is 0 Å². The Hall–Kier alpha value is -0.603. The van der Waals surface area contributed by atoms with E-state index in [0.29, 0.717) is 0 Å². The summed E-state index contributed by atoms with van der Waals surface area (Å²) < 4.78 is 5.51. The lowest BCUT2D eigenvalue weighted by atomic mass is 10.1. The van der Waals surface area contributed by atoms with Gasteiger partial charge in [0.2, 0.25) is 0 Å². The van der Waals surface area contributed by atoms with Gasteiger partial charge in [-0.15, -0.1) is 0 Å². The number of aryl methyl sites for hydroxylation is 1. The van der Waals surface area contributed by atoms with Crippen molar-refractivity contribution >= 4 is 13.3 Å². The predicted octanol–water partition coefficient (Wildman–Crippen LogP) is 3.59. The summed E-state index contributed by atoms with van der Waals surface area (Å²) in [6.45, 7) is 11.1. The minimum atomic E-state index is -1.16. The van der Waals surface area contributed by atoms with Crippen molar-refractivity contribution in [2.75, 3.05) is 13.2 Å². The summed E-state index contributed by atoms with van der Waals surface area (Å²) in [5.74, 6) is 0. The standard InChI is InChI=1S/C15H26OSi/c1-5-11-16-12-7-9-14-8-6-10-15(13-14)17(2,3)4/h6,8,10,13H,5,7,9,11-12H2,1-4H3. The van der Waals surface area contributed by atoms with Crippen molar-refractivity contribution in [2.45, 2.75) is 45.8 Å². The van der Waals surface area contributed by atoms with Gasteiger partial charge in [0, 0.05) is 13.2 Å². The molecule has 0 bridgehead atoms. The van der Waals surface area contributed by atoms with Gasteiger partial charge in [0.05, 0.1) is 8.07 Å². The van der Waals surface area contributed by atoms with Gasteiger partial charge in [-0.25, -0.2) is 0 Å². The molecule has 0 aromatic heterocycles. The molecular formula is C15H26OSi. The monoisotopic (exact) mass is 250 g/mol. The van der Waals surface area contributed by atoms with Crippen LogP contribution in [0.15, 0.2) is 24.3 Å². The maximum Gasteiger partial charge on any atom is 0.0776 e. The van der Waals surface area contributed by atoms with E-state index in [1.54, 1.807) is 5.19 Å². The van der Waals surface area contributed by atoms with E-state index in [9.17, 15) is 0 Å². The zero-order chi connectivity index (χ0) is 12.7. The molecule has 0 saturated heterocycles. The SMILES string of the molecule is CCCOCCCc1cccc([Si](C)(C)C)c1. The summed E-state index contributed by atoms with van der Waals surface area (Å²) in [5.41, 5.74) is 1.46. The zero-order valence-electron chi connectivity index (χ0n) is 11.8. The molecule has 0 atom stereocenters. The molecule has 0 saturated carbocycles. The van der Waals surface area contributed by atoms with Gasteiger partial charge in [-0.3, -0.25) is 0 Å². The predicted molar refractivity (Wildman–Crippen MR) is 78.9 cm³/mol. The summed E-state index contributed by atoms with van der Waals surface area (Å²) in [6, 6.07) is 9.12. The fraction of sp³-hybridized carbons (Fsp3) is 0.600. The lowest BCUT2D eigenvalue weighted by molar-refractivity contribution is 0.132. The number of rotatable bonds is 7. The first-order valence-electron chi connectivity index (χ1n) is 6.71. The minimum absolute atomic E-state index is 0.894. The maximum absolute atomic E-state index is 5.51. The Morgan fingerprint density at radius 2 is 1.88 bits per heavy atom. The van der Waals surface area contributed by atoms with Crippen LogP contribution in [0.3, 0.4) is 0 Å². The highest BCUT2D eigenvalue weighted by Gasteiger charge is 2.15. The van der Waals surface area contributed by atoms with E-state index < -0.39 is 8.07 Å². The van der Waals surface area contributed by atoms with Crippen LogP contribution in [0.2, 0.25) is 19.6 Å². The Morgan fingerprint density at radius 1 is 1.12 bits per heavy atom. The smallest absolute Gasteiger partial charge is 0.0776 e. The Balaban J connectivity index is 2.44. The molecule has 0 unspecified atom stereocenters. The maximum atomic E-state index is 5.51. The van der Waals surface area contributed by atoms with Crippen LogP contribution in [0.1, 0.15) is 25.3 Å². The number of hydrogen-bond acceptors (Lipinski definition) is 1. The molecule has 0 aliphatic rings. The Morgan fingerprint density at radius 3 is 2.53 bits per heavy atom. The highest BCUT2D eigenvalue weighted by Crippen LogP contribution is 2.07. The fourth-order valence-electron chi connectivity index (χ4n) is 1.82. The van der Waals surface area contributed by atoms with Crippen LogP contribution in [-0.4, -0.2) is 21.3 Å². The number of hydrogen-bond donors (Lipinski definition) is 0. The summed E-state index contributed by atoms with van der Waals surface area (Å²) in [5, 5.41) is 1.56. The van der Waals surface area contributed by atoms with Crippen molar-refractivity contribution in [1.29, 1.82) is 0 Å². The van der Waals surface area contributed by atoms with Crippen LogP contribution in [0, 0.1) is 0 Å².